The van der Waals surface area contributed by atoms with Crippen LogP contribution < -0.4 is 14.8 Å². The predicted molar refractivity (Wildman–Crippen MR) is 89.6 cm³/mol. The van der Waals surface area contributed by atoms with Crippen molar-refractivity contribution in [2.24, 2.45) is 0 Å². The van der Waals surface area contributed by atoms with Gasteiger partial charge in [-0.2, -0.15) is 13.2 Å². The van der Waals surface area contributed by atoms with E-state index in [4.69, 9.17) is 4.74 Å². The van der Waals surface area contributed by atoms with Crippen LogP contribution in [-0.2, 0) is 21.0 Å². The number of rotatable bonds is 5. The summed E-state index contributed by atoms with van der Waals surface area (Å²) in [5, 5.41) is 2.45. The van der Waals surface area contributed by atoms with Gasteiger partial charge in [0.2, 0.25) is 5.91 Å². The van der Waals surface area contributed by atoms with Gasteiger partial charge in [-0.15, -0.1) is 0 Å². The Morgan fingerprint density at radius 3 is 2.35 bits per heavy atom. The largest absolute Gasteiger partial charge is 0.495 e. The smallest absolute Gasteiger partial charge is 0.417 e. The molecule has 0 aliphatic rings. The Kier molecular flexibility index (Phi) is 5.45. The van der Waals surface area contributed by atoms with E-state index in [9.17, 15) is 26.4 Å². The van der Waals surface area contributed by atoms with Crippen LogP contribution in [0, 0.1) is 0 Å². The van der Waals surface area contributed by atoms with Crippen molar-refractivity contribution in [2.45, 2.75) is 18.0 Å². The van der Waals surface area contributed by atoms with E-state index >= 15 is 0 Å². The number of sulfonamides is 1. The van der Waals surface area contributed by atoms with Gasteiger partial charge in [0.15, 0.2) is 0 Å². The summed E-state index contributed by atoms with van der Waals surface area (Å²) < 4.78 is 71.2. The van der Waals surface area contributed by atoms with Gasteiger partial charge in [-0.3, -0.25) is 9.52 Å². The first-order chi connectivity index (χ1) is 12.0. The number of alkyl halides is 3. The molecule has 0 bridgehead atoms. The van der Waals surface area contributed by atoms with Crippen molar-refractivity contribution in [3.8, 4) is 5.75 Å². The summed E-state index contributed by atoms with van der Waals surface area (Å²) in [5.74, 6) is -0.162. The van der Waals surface area contributed by atoms with E-state index in [0.29, 0.717) is 6.07 Å². The average Bonchev–Trinajstić information content (AvgIpc) is 2.53. The molecule has 0 spiro atoms. The van der Waals surface area contributed by atoms with Gasteiger partial charge in [-0.1, -0.05) is 12.1 Å². The number of amides is 1. The molecule has 0 fully saturated rings. The average molecular weight is 388 g/mol. The molecule has 0 aliphatic carbocycles. The number of carbonyl (C=O) groups excluding carboxylic acids is 1. The molecule has 2 aromatic carbocycles. The number of ether oxygens (including phenoxy) is 1. The van der Waals surface area contributed by atoms with Gasteiger partial charge < -0.3 is 10.1 Å². The Bertz CT molecular complexity index is 927. The second-order valence-electron chi connectivity index (χ2n) is 5.20. The zero-order chi connectivity index (χ0) is 19.5. The number of halogens is 3. The molecule has 1 amide bonds. The summed E-state index contributed by atoms with van der Waals surface area (Å²) in [4.78, 5) is 10.3. The molecule has 26 heavy (non-hydrogen) atoms. The van der Waals surface area contributed by atoms with Gasteiger partial charge in [0.05, 0.1) is 28.9 Å². The van der Waals surface area contributed by atoms with Gasteiger partial charge in [0.25, 0.3) is 10.0 Å². The summed E-state index contributed by atoms with van der Waals surface area (Å²) in [5.41, 5.74) is -1.14. The molecule has 0 heterocycles. The normalized spacial score (nSPS) is 11.7. The SMILES string of the molecule is COc1ccc(NS(=O)(=O)c2ccccc2C(F)(F)F)cc1NC(C)=O. The zero-order valence-corrected chi connectivity index (χ0v) is 14.5. The summed E-state index contributed by atoms with van der Waals surface area (Å²) in [6.45, 7) is 1.25. The Labute approximate surface area is 148 Å². The minimum absolute atomic E-state index is 0.0356. The minimum Gasteiger partial charge on any atom is -0.495 e. The Balaban J connectivity index is 2.44. The fourth-order valence-corrected chi connectivity index (χ4v) is 3.48. The van der Waals surface area contributed by atoms with Crippen LogP contribution in [0.1, 0.15) is 12.5 Å². The molecule has 2 rings (SSSR count). The van der Waals surface area contributed by atoms with Crippen LogP contribution in [0.2, 0.25) is 0 Å². The van der Waals surface area contributed by atoms with Crippen LogP contribution in [0.4, 0.5) is 24.5 Å². The van der Waals surface area contributed by atoms with E-state index in [-0.39, 0.29) is 17.1 Å². The van der Waals surface area contributed by atoms with E-state index in [2.05, 4.69) is 10.0 Å². The quantitative estimate of drug-likeness (QED) is 0.821. The molecule has 0 unspecified atom stereocenters. The van der Waals surface area contributed by atoms with Crippen LogP contribution in [0.5, 0.6) is 5.75 Å². The highest BCUT2D eigenvalue weighted by molar-refractivity contribution is 7.92. The zero-order valence-electron chi connectivity index (χ0n) is 13.7. The first kappa shape index (κ1) is 19.6. The van der Waals surface area contributed by atoms with Crippen molar-refractivity contribution in [1.29, 1.82) is 0 Å². The van der Waals surface area contributed by atoms with Crippen molar-refractivity contribution in [1.82, 2.24) is 0 Å². The number of hydrogen-bond acceptors (Lipinski definition) is 4. The van der Waals surface area contributed by atoms with Gasteiger partial charge >= 0.3 is 6.18 Å². The van der Waals surface area contributed by atoms with E-state index < -0.39 is 32.6 Å². The third kappa shape index (κ3) is 4.45. The third-order valence-electron chi connectivity index (χ3n) is 3.24. The lowest BCUT2D eigenvalue weighted by atomic mass is 10.2. The van der Waals surface area contributed by atoms with E-state index in [1.165, 1.54) is 38.3 Å². The summed E-state index contributed by atoms with van der Waals surface area (Å²) in [6, 6.07) is 7.77. The topological polar surface area (TPSA) is 84.5 Å². The number of hydrogen-bond donors (Lipinski definition) is 2. The van der Waals surface area contributed by atoms with Crippen molar-refractivity contribution in [3.05, 3.63) is 48.0 Å². The Morgan fingerprint density at radius 2 is 1.77 bits per heavy atom. The molecule has 2 aromatic rings. The standard InChI is InChI=1S/C16H15F3N2O4S/c1-10(22)20-13-9-11(7-8-14(13)25-2)21-26(23,24)15-6-4-3-5-12(15)16(17,18)19/h3-9,21H,1-2H3,(H,20,22). The second-order valence-corrected chi connectivity index (χ2v) is 6.85. The first-order valence-corrected chi connectivity index (χ1v) is 8.67. The van der Waals surface area contributed by atoms with Gasteiger partial charge in [-0.05, 0) is 30.3 Å². The van der Waals surface area contributed by atoms with Crippen LogP contribution in [-0.4, -0.2) is 21.4 Å². The fraction of sp³-hybridized carbons (Fsp3) is 0.188. The molecule has 6 nitrogen and oxygen atoms in total. The van der Waals surface area contributed by atoms with Crippen molar-refractivity contribution in [3.63, 3.8) is 0 Å². The Morgan fingerprint density at radius 1 is 1.12 bits per heavy atom. The van der Waals surface area contributed by atoms with Crippen LogP contribution >= 0.6 is 0 Å². The molecule has 0 aromatic heterocycles. The predicted octanol–water partition coefficient (Wildman–Crippen LogP) is 3.47. The minimum atomic E-state index is -4.83. The van der Waals surface area contributed by atoms with Crippen LogP contribution in [0.25, 0.3) is 0 Å². The lowest BCUT2D eigenvalue weighted by molar-refractivity contribution is -0.139. The van der Waals surface area contributed by atoms with Crippen LogP contribution in [0.3, 0.4) is 0 Å². The third-order valence-corrected chi connectivity index (χ3v) is 4.68. The lowest BCUT2D eigenvalue weighted by Gasteiger charge is -2.15. The molecule has 0 saturated carbocycles. The molecule has 0 saturated heterocycles. The van der Waals surface area contributed by atoms with Crippen molar-refractivity contribution in [2.75, 3.05) is 17.1 Å². The highest BCUT2D eigenvalue weighted by Crippen LogP contribution is 2.35. The van der Waals surface area contributed by atoms with E-state index in [1.54, 1.807) is 0 Å². The van der Waals surface area contributed by atoms with Gasteiger partial charge in [0.1, 0.15) is 5.75 Å². The Hall–Kier alpha value is -2.75. The molecule has 2 N–H and O–H groups in total. The fourth-order valence-electron chi connectivity index (χ4n) is 2.20. The molecular formula is C16H15F3N2O4S. The van der Waals surface area contributed by atoms with Crippen LogP contribution in [0.15, 0.2) is 47.4 Å². The molecule has 0 atom stereocenters. The van der Waals surface area contributed by atoms with E-state index in [0.717, 1.165) is 12.1 Å². The summed E-state index contributed by atoms with van der Waals surface area (Å²) in [6.07, 6.45) is -4.83. The van der Waals surface area contributed by atoms with E-state index in [1.807, 2.05) is 0 Å². The van der Waals surface area contributed by atoms with Gasteiger partial charge in [-0.25, -0.2) is 8.42 Å². The lowest BCUT2D eigenvalue weighted by Crippen LogP contribution is -2.19. The summed E-state index contributed by atoms with van der Waals surface area (Å²) >= 11 is 0. The molecular weight excluding hydrogens is 373 g/mol. The number of benzene rings is 2. The monoisotopic (exact) mass is 388 g/mol. The molecule has 0 aliphatic heterocycles. The van der Waals surface area contributed by atoms with Crippen molar-refractivity contribution < 1.29 is 31.1 Å². The number of carbonyl (C=O) groups is 1. The summed E-state index contributed by atoms with van der Waals surface area (Å²) in [7, 11) is -3.16. The molecule has 0 radical (unpaired) electrons. The highest BCUT2D eigenvalue weighted by Gasteiger charge is 2.36. The first-order valence-electron chi connectivity index (χ1n) is 7.19. The highest BCUT2D eigenvalue weighted by atomic mass is 32.2. The number of anilines is 2. The van der Waals surface area contributed by atoms with Crippen molar-refractivity contribution >= 4 is 27.3 Å². The molecule has 140 valence electrons. The maximum Gasteiger partial charge on any atom is 0.417 e. The molecule has 10 heteroatoms. The number of nitrogens with one attached hydrogen (secondary N) is 2. The maximum atomic E-state index is 13.1. The van der Waals surface area contributed by atoms with Gasteiger partial charge in [0, 0.05) is 6.92 Å². The second kappa shape index (κ2) is 7.24. The number of methoxy groups -OCH3 is 1. The maximum absolute atomic E-state index is 13.1.